The van der Waals surface area contributed by atoms with Crippen LogP contribution in [0.25, 0.3) is 0 Å². The van der Waals surface area contributed by atoms with Crippen LogP contribution in [-0.4, -0.2) is 5.97 Å². The Kier molecular flexibility index (Phi) is 4.79. The second kappa shape index (κ2) is 6.57. The first-order valence-corrected chi connectivity index (χ1v) is 7.25. The Morgan fingerprint density at radius 3 is 1.71 bits per heavy atom. The summed E-state index contributed by atoms with van der Waals surface area (Å²) < 4.78 is 5.76. The fraction of sp³-hybridized carbons (Fsp3) is 0.316. The standard InChI is InChI=1S/C19H22O2/c1-19(2,3)14-17(20)21-18(15-10-6-4-7-11-15)16-12-8-5-9-13-16/h4-13,18H,14H2,1-3H3. The number of carbonyl (C=O) groups is 1. The molecule has 0 amide bonds. The van der Waals surface area contributed by atoms with E-state index in [-0.39, 0.29) is 17.5 Å². The highest BCUT2D eigenvalue weighted by Crippen LogP contribution is 2.28. The number of esters is 1. The normalized spacial score (nSPS) is 11.4. The van der Waals surface area contributed by atoms with Gasteiger partial charge in [0, 0.05) is 0 Å². The Morgan fingerprint density at radius 2 is 1.33 bits per heavy atom. The maximum Gasteiger partial charge on any atom is 0.307 e. The summed E-state index contributed by atoms with van der Waals surface area (Å²) in [5.41, 5.74) is 1.91. The molecule has 0 atom stereocenters. The van der Waals surface area contributed by atoms with Gasteiger partial charge in [0.05, 0.1) is 6.42 Å². The molecule has 0 aliphatic carbocycles. The van der Waals surface area contributed by atoms with Crippen LogP contribution in [0.1, 0.15) is 44.4 Å². The highest BCUT2D eigenvalue weighted by Gasteiger charge is 2.22. The van der Waals surface area contributed by atoms with Crippen molar-refractivity contribution in [3.63, 3.8) is 0 Å². The van der Waals surface area contributed by atoms with Gasteiger partial charge in [-0.2, -0.15) is 0 Å². The lowest BCUT2D eigenvalue weighted by atomic mass is 9.92. The highest BCUT2D eigenvalue weighted by atomic mass is 16.5. The van der Waals surface area contributed by atoms with Crippen molar-refractivity contribution < 1.29 is 9.53 Å². The van der Waals surface area contributed by atoms with Crippen molar-refractivity contribution >= 4 is 5.97 Å². The van der Waals surface area contributed by atoms with Crippen molar-refractivity contribution in [3.8, 4) is 0 Å². The van der Waals surface area contributed by atoms with Gasteiger partial charge in [-0.3, -0.25) is 4.79 Å². The minimum Gasteiger partial charge on any atom is -0.453 e. The predicted octanol–water partition coefficient (Wildman–Crippen LogP) is 4.76. The molecule has 2 heteroatoms. The maximum absolute atomic E-state index is 12.2. The molecule has 2 aromatic carbocycles. The van der Waals surface area contributed by atoms with Crippen molar-refractivity contribution in [2.75, 3.05) is 0 Å². The summed E-state index contributed by atoms with van der Waals surface area (Å²) >= 11 is 0. The lowest BCUT2D eigenvalue weighted by Crippen LogP contribution is -2.18. The lowest BCUT2D eigenvalue weighted by Gasteiger charge is -2.22. The quantitative estimate of drug-likeness (QED) is 0.756. The third kappa shape index (κ3) is 4.75. The molecule has 0 radical (unpaired) electrons. The van der Waals surface area contributed by atoms with Gasteiger partial charge in [-0.1, -0.05) is 81.4 Å². The summed E-state index contributed by atoms with van der Waals surface area (Å²) in [7, 11) is 0. The van der Waals surface area contributed by atoms with Crippen molar-refractivity contribution in [2.24, 2.45) is 5.41 Å². The molecule has 2 rings (SSSR count). The zero-order valence-corrected chi connectivity index (χ0v) is 12.9. The van der Waals surface area contributed by atoms with Crippen molar-refractivity contribution in [1.82, 2.24) is 0 Å². The smallest absolute Gasteiger partial charge is 0.307 e. The Balaban J connectivity index is 2.24. The van der Waals surface area contributed by atoms with Gasteiger partial charge < -0.3 is 4.74 Å². The Labute approximate surface area is 126 Å². The third-order valence-electron chi connectivity index (χ3n) is 3.13. The molecule has 0 heterocycles. The molecule has 0 bridgehead atoms. The van der Waals surface area contributed by atoms with E-state index < -0.39 is 0 Å². The molecule has 0 aliphatic heterocycles. The van der Waals surface area contributed by atoms with Crippen LogP contribution in [0.5, 0.6) is 0 Å². The van der Waals surface area contributed by atoms with E-state index in [9.17, 15) is 4.79 Å². The number of benzene rings is 2. The minimum absolute atomic E-state index is 0.0744. The molecular formula is C19H22O2. The van der Waals surface area contributed by atoms with Gasteiger partial charge in [0.25, 0.3) is 0 Å². The average molecular weight is 282 g/mol. The van der Waals surface area contributed by atoms with Crippen molar-refractivity contribution in [3.05, 3.63) is 71.8 Å². The predicted molar refractivity (Wildman–Crippen MR) is 84.9 cm³/mol. The summed E-state index contributed by atoms with van der Waals surface area (Å²) in [5, 5.41) is 0. The van der Waals surface area contributed by atoms with Gasteiger partial charge in [0.2, 0.25) is 0 Å². The SMILES string of the molecule is CC(C)(C)CC(=O)OC(c1ccccc1)c1ccccc1. The van der Waals surface area contributed by atoms with Crippen LogP contribution in [-0.2, 0) is 9.53 Å². The Bertz CT molecular complexity index is 528. The number of carbonyl (C=O) groups excluding carboxylic acids is 1. The summed E-state index contributed by atoms with van der Waals surface area (Å²) in [4.78, 5) is 12.2. The van der Waals surface area contributed by atoms with Crippen LogP contribution in [0.2, 0.25) is 0 Å². The van der Waals surface area contributed by atoms with E-state index in [2.05, 4.69) is 0 Å². The van der Waals surface area contributed by atoms with Crippen LogP contribution in [0.4, 0.5) is 0 Å². The first kappa shape index (κ1) is 15.3. The summed E-state index contributed by atoms with van der Waals surface area (Å²) in [6, 6.07) is 19.7. The fourth-order valence-corrected chi connectivity index (χ4v) is 2.19. The lowest BCUT2D eigenvalue weighted by molar-refractivity contribution is -0.149. The topological polar surface area (TPSA) is 26.3 Å². The highest BCUT2D eigenvalue weighted by molar-refractivity contribution is 5.70. The van der Waals surface area contributed by atoms with Crippen LogP contribution < -0.4 is 0 Å². The summed E-state index contributed by atoms with van der Waals surface area (Å²) in [6.07, 6.45) is 0.0608. The van der Waals surface area contributed by atoms with E-state index in [1.807, 2.05) is 81.4 Å². The molecule has 21 heavy (non-hydrogen) atoms. The van der Waals surface area contributed by atoms with Crippen molar-refractivity contribution in [1.29, 1.82) is 0 Å². The molecule has 0 unspecified atom stereocenters. The second-order valence-electron chi connectivity index (χ2n) is 6.43. The zero-order valence-electron chi connectivity index (χ0n) is 12.9. The van der Waals surface area contributed by atoms with Crippen LogP contribution in [0.3, 0.4) is 0 Å². The average Bonchev–Trinajstić information content (AvgIpc) is 2.45. The molecule has 0 saturated heterocycles. The first-order chi connectivity index (χ1) is 9.96. The molecule has 0 N–H and O–H groups in total. The van der Waals surface area contributed by atoms with E-state index in [4.69, 9.17) is 4.74 Å². The minimum atomic E-state index is -0.345. The summed E-state index contributed by atoms with van der Waals surface area (Å²) in [6.45, 7) is 6.11. The van der Waals surface area contributed by atoms with Crippen LogP contribution in [0, 0.1) is 5.41 Å². The van der Waals surface area contributed by atoms with E-state index in [1.165, 1.54) is 0 Å². The molecule has 0 spiro atoms. The Morgan fingerprint density at radius 1 is 0.905 bits per heavy atom. The zero-order chi connectivity index (χ0) is 15.3. The molecule has 110 valence electrons. The molecule has 2 aromatic rings. The Hall–Kier alpha value is -2.09. The van der Waals surface area contributed by atoms with Crippen molar-refractivity contribution in [2.45, 2.75) is 33.3 Å². The number of ether oxygens (including phenoxy) is 1. The monoisotopic (exact) mass is 282 g/mol. The van der Waals surface area contributed by atoms with Gasteiger partial charge in [0.1, 0.15) is 0 Å². The van der Waals surface area contributed by atoms with E-state index in [0.717, 1.165) is 11.1 Å². The van der Waals surface area contributed by atoms with Crippen LogP contribution in [0.15, 0.2) is 60.7 Å². The second-order valence-corrected chi connectivity index (χ2v) is 6.43. The van der Waals surface area contributed by atoms with E-state index in [1.54, 1.807) is 0 Å². The van der Waals surface area contributed by atoms with E-state index >= 15 is 0 Å². The summed E-state index contributed by atoms with van der Waals surface area (Å²) in [5.74, 6) is -0.166. The van der Waals surface area contributed by atoms with Gasteiger partial charge in [0.15, 0.2) is 6.10 Å². The van der Waals surface area contributed by atoms with Crippen LogP contribution >= 0.6 is 0 Å². The van der Waals surface area contributed by atoms with Gasteiger partial charge in [-0.15, -0.1) is 0 Å². The molecular weight excluding hydrogens is 260 g/mol. The molecule has 0 saturated carbocycles. The first-order valence-electron chi connectivity index (χ1n) is 7.25. The fourth-order valence-electron chi connectivity index (χ4n) is 2.19. The number of hydrogen-bond donors (Lipinski definition) is 0. The van der Waals surface area contributed by atoms with Gasteiger partial charge in [-0.25, -0.2) is 0 Å². The number of rotatable bonds is 4. The molecule has 0 aromatic heterocycles. The maximum atomic E-state index is 12.2. The number of hydrogen-bond acceptors (Lipinski definition) is 2. The largest absolute Gasteiger partial charge is 0.453 e. The molecule has 0 fully saturated rings. The van der Waals surface area contributed by atoms with Gasteiger partial charge >= 0.3 is 5.97 Å². The third-order valence-corrected chi connectivity index (χ3v) is 3.13. The molecule has 0 aliphatic rings. The molecule has 2 nitrogen and oxygen atoms in total. The van der Waals surface area contributed by atoms with E-state index in [0.29, 0.717) is 6.42 Å². The van der Waals surface area contributed by atoms with Gasteiger partial charge in [-0.05, 0) is 16.5 Å².